The molecule has 0 spiro atoms. The van der Waals surface area contributed by atoms with Crippen LogP contribution in [-0.4, -0.2) is 75.4 Å². The largest absolute Gasteiger partial charge is 0.506 e. The minimum atomic E-state index is -0.368. The van der Waals surface area contributed by atoms with Gasteiger partial charge in [0, 0.05) is 52.0 Å². The van der Waals surface area contributed by atoms with E-state index >= 15 is 0 Å². The summed E-state index contributed by atoms with van der Waals surface area (Å²) in [5.41, 5.74) is 1.01. The van der Waals surface area contributed by atoms with Gasteiger partial charge in [0.2, 0.25) is 12.3 Å². The zero-order valence-electron chi connectivity index (χ0n) is 23.9. The lowest BCUT2D eigenvalue weighted by atomic mass is 9.96. The van der Waals surface area contributed by atoms with Crippen LogP contribution >= 0.6 is 0 Å². The van der Waals surface area contributed by atoms with Crippen molar-refractivity contribution >= 4 is 24.1 Å². The zero-order valence-corrected chi connectivity index (χ0v) is 23.9. The topological polar surface area (TPSA) is 91.3 Å². The van der Waals surface area contributed by atoms with Crippen LogP contribution < -0.4 is 15.0 Å². The van der Waals surface area contributed by atoms with E-state index in [4.69, 9.17) is 4.74 Å². The number of benzene rings is 1. The molecule has 0 atom stereocenters. The van der Waals surface area contributed by atoms with E-state index in [0.717, 1.165) is 13.0 Å². The molecule has 0 bridgehead atoms. The molecule has 0 unspecified atom stereocenters. The first-order chi connectivity index (χ1) is 17.1. The number of rotatable bonds is 4. The summed E-state index contributed by atoms with van der Waals surface area (Å²) in [5.74, 6) is 0.721. The van der Waals surface area contributed by atoms with Gasteiger partial charge >= 0.3 is 0 Å². The molecule has 1 saturated carbocycles. The van der Waals surface area contributed by atoms with Gasteiger partial charge in [0.1, 0.15) is 11.5 Å². The molecule has 36 heavy (non-hydrogen) atoms. The highest BCUT2D eigenvalue weighted by molar-refractivity contribution is 5.94. The number of phenolic OH excluding ortho intramolecular Hbond substituents is 1. The van der Waals surface area contributed by atoms with E-state index in [9.17, 15) is 14.7 Å². The minimum Gasteiger partial charge on any atom is -0.506 e. The fourth-order valence-electron chi connectivity index (χ4n) is 4.01. The second-order valence-electron chi connectivity index (χ2n) is 9.15. The van der Waals surface area contributed by atoms with E-state index in [-0.39, 0.29) is 17.2 Å². The van der Waals surface area contributed by atoms with Crippen LogP contribution in [0.3, 0.4) is 0 Å². The maximum atomic E-state index is 12.3. The number of fused-ring (bicyclic) bond motifs is 1. The molecule has 1 fully saturated rings. The molecule has 0 radical (unpaired) electrons. The summed E-state index contributed by atoms with van der Waals surface area (Å²) < 4.78 is 9.89. The number of aromatic hydroxyl groups is 1. The van der Waals surface area contributed by atoms with Gasteiger partial charge < -0.3 is 29.7 Å². The number of phenols is 1. The highest BCUT2D eigenvalue weighted by Crippen LogP contribution is 2.39. The van der Waals surface area contributed by atoms with Crippen LogP contribution in [0, 0.1) is 0 Å². The van der Waals surface area contributed by atoms with Gasteiger partial charge in [-0.25, -0.2) is 0 Å². The normalized spacial score (nSPS) is 17.6. The van der Waals surface area contributed by atoms with Crippen molar-refractivity contribution in [2.45, 2.75) is 78.3 Å². The molecule has 2 aliphatic rings. The Balaban J connectivity index is 0.000000673. The molecule has 1 aliphatic heterocycles. The number of ether oxygens (including phenoxy) is 2. The third kappa shape index (κ3) is 10.5. The van der Waals surface area contributed by atoms with E-state index in [1.807, 2.05) is 46.6 Å². The molecule has 1 heterocycles. The summed E-state index contributed by atoms with van der Waals surface area (Å²) >= 11 is 0. The second-order valence-corrected chi connectivity index (χ2v) is 9.15. The first kappa shape index (κ1) is 33.3. The number of anilines is 1. The molecule has 1 aromatic rings. The fourth-order valence-corrected chi connectivity index (χ4v) is 4.01. The molecular formula is C28H49N3O5. The number of hydrogen-bond acceptors (Lipinski definition) is 6. The molecule has 2 N–H and O–H groups in total. The molecule has 3 rings (SSSR count). The number of hydrogen-bond donors (Lipinski definition) is 2. The molecule has 2 amide bonds. The Labute approximate surface area is 218 Å². The van der Waals surface area contributed by atoms with E-state index in [2.05, 4.69) is 10.1 Å². The quantitative estimate of drug-likeness (QED) is 0.567. The zero-order chi connectivity index (χ0) is 27.7. The smallest absolute Gasteiger partial charge is 0.246 e. The average Bonchev–Trinajstić information content (AvgIpc) is 2.91. The van der Waals surface area contributed by atoms with Crippen LogP contribution in [0.5, 0.6) is 11.5 Å². The number of carbonyl (C=O) groups is 2. The first-order valence-electron chi connectivity index (χ1n) is 12.9. The van der Waals surface area contributed by atoms with Crippen molar-refractivity contribution in [2.24, 2.45) is 0 Å². The van der Waals surface area contributed by atoms with Crippen molar-refractivity contribution in [2.75, 3.05) is 46.4 Å². The van der Waals surface area contributed by atoms with Crippen LogP contribution in [0.4, 0.5) is 5.69 Å². The number of carbonyl (C=O) groups excluding carboxylic acids is 2. The molecule has 8 heteroatoms. The van der Waals surface area contributed by atoms with Gasteiger partial charge in [-0.2, -0.15) is 0 Å². The summed E-state index contributed by atoms with van der Waals surface area (Å²) in [4.78, 5) is 25.9. The van der Waals surface area contributed by atoms with Gasteiger partial charge in [0.25, 0.3) is 0 Å². The van der Waals surface area contributed by atoms with Crippen molar-refractivity contribution in [3.8, 4) is 11.5 Å². The Bertz CT molecular complexity index is 803. The van der Waals surface area contributed by atoms with Crippen LogP contribution in [0.25, 0.3) is 6.08 Å². The molecule has 1 aromatic carbocycles. The van der Waals surface area contributed by atoms with E-state index in [1.54, 1.807) is 44.4 Å². The average molecular weight is 508 g/mol. The van der Waals surface area contributed by atoms with Crippen molar-refractivity contribution < 1.29 is 24.2 Å². The summed E-state index contributed by atoms with van der Waals surface area (Å²) in [7, 11) is 6.94. The molecule has 0 saturated heterocycles. The Kier molecular flexibility index (Phi) is 16.3. The lowest BCUT2D eigenvalue weighted by Crippen LogP contribution is -2.51. The number of likely N-dealkylation sites (N-methyl/N-ethyl adjacent to an activating group) is 2. The number of methoxy groups -OCH3 is 2. The maximum absolute atomic E-state index is 12.3. The second kappa shape index (κ2) is 17.7. The molecule has 0 aromatic heterocycles. The summed E-state index contributed by atoms with van der Waals surface area (Å²) in [6, 6.07) is 3.79. The van der Waals surface area contributed by atoms with Gasteiger partial charge in [-0.15, -0.1) is 0 Å². The highest BCUT2D eigenvalue weighted by atomic mass is 16.5. The monoisotopic (exact) mass is 507 g/mol. The SMILES string of the molecule is CC.CCOC.COc1ccc(O)c2c1/C=C/C(=O)N(C)C(C)(C)CN2C.O=CNC1CCCCC1. The van der Waals surface area contributed by atoms with E-state index in [0.29, 0.717) is 29.6 Å². The standard InChI is InChI=1S/C16H22N2O3.C7H13NO.C3H8O.C2H6/c1-16(2)10-17(3)15-11(6-9-14(20)18(16)4)13(21-5)8-7-12(15)19;9-6-8-7-4-2-1-3-5-7;1-3-4-2;1-2/h6-9,19H,10H2,1-5H3;6-7H,1-5H2,(H,8,9);3H2,1-2H3;1-2H3/b9-6+;;;. The van der Waals surface area contributed by atoms with Crippen LogP contribution in [0.15, 0.2) is 18.2 Å². The predicted octanol–water partition coefficient (Wildman–Crippen LogP) is 4.84. The summed E-state index contributed by atoms with van der Waals surface area (Å²) in [5, 5.41) is 13.0. The first-order valence-corrected chi connectivity index (χ1v) is 12.9. The van der Waals surface area contributed by atoms with Crippen LogP contribution in [0.1, 0.15) is 72.3 Å². The number of nitrogens with zero attached hydrogens (tertiary/aromatic N) is 2. The predicted molar refractivity (Wildman–Crippen MR) is 149 cm³/mol. The molecule has 8 nitrogen and oxygen atoms in total. The summed E-state index contributed by atoms with van der Waals surface area (Å²) in [6.45, 7) is 11.4. The van der Waals surface area contributed by atoms with Crippen LogP contribution in [-0.2, 0) is 14.3 Å². The van der Waals surface area contributed by atoms with E-state index in [1.165, 1.54) is 38.2 Å². The van der Waals surface area contributed by atoms with E-state index < -0.39 is 0 Å². The van der Waals surface area contributed by atoms with Crippen molar-refractivity contribution in [3.05, 3.63) is 23.8 Å². The Morgan fingerprint density at radius 2 is 1.69 bits per heavy atom. The number of amides is 2. The van der Waals surface area contributed by atoms with Gasteiger partial charge in [-0.3, -0.25) is 9.59 Å². The molecule has 206 valence electrons. The van der Waals surface area contributed by atoms with Crippen LogP contribution in [0.2, 0.25) is 0 Å². The Morgan fingerprint density at radius 1 is 1.11 bits per heavy atom. The highest BCUT2D eigenvalue weighted by Gasteiger charge is 2.31. The lowest BCUT2D eigenvalue weighted by molar-refractivity contribution is -0.128. The van der Waals surface area contributed by atoms with Crippen molar-refractivity contribution in [1.82, 2.24) is 10.2 Å². The van der Waals surface area contributed by atoms with Gasteiger partial charge in [-0.05, 0) is 51.8 Å². The van der Waals surface area contributed by atoms with Gasteiger partial charge in [0.15, 0.2) is 0 Å². The fraction of sp³-hybridized carbons (Fsp3) is 0.643. The van der Waals surface area contributed by atoms with Gasteiger partial charge in [0.05, 0.1) is 18.3 Å². The molecule has 1 aliphatic carbocycles. The lowest BCUT2D eigenvalue weighted by Gasteiger charge is -2.38. The molecular weight excluding hydrogens is 458 g/mol. The Hall–Kier alpha value is -2.74. The maximum Gasteiger partial charge on any atom is 0.246 e. The van der Waals surface area contributed by atoms with Crippen molar-refractivity contribution in [1.29, 1.82) is 0 Å². The summed E-state index contributed by atoms with van der Waals surface area (Å²) in [6.07, 6.45) is 10.3. The van der Waals surface area contributed by atoms with Gasteiger partial charge in [-0.1, -0.05) is 33.1 Å². The third-order valence-electron chi connectivity index (χ3n) is 6.21. The third-order valence-corrected chi connectivity index (χ3v) is 6.21. The van der Waals surface area contributed by atoms with Crippen molar-refractivity contribution in [3.63, 3.8) is 0 Å². The Morgan fingerprint density at radius 3 is 2.19 bits per heavy atom. The number of nitrogens with one attached hydrogen (secondary N) is 1. The minimum absolute atomic E-state index is 0.0772.